The van der Waals surface area contributed by atoms with Crippen molar-refractivity contribution in [2.24, 2.45) is 5.92 Å². The zero-order valence-corrected chi connectivity index (χ0v) is 20.2. The van der Waals surface area contributed by atoms with Crippen LogP contribution in [0.3, 0.4) is 0 Å². The number of para-hydroxylation sites is 1. The van der Waals surface area contributed by atoms with Crippen LogP contribution in [0.15, 0.2) is 53.6 Å². The van der Waals surface area contributed by atoms with Gasteiger partial charge in [-0.2, -0.15) is 0 Å². The molecule has 0 atom stereocenters. The molecule has 1 fully saturated rings. The van der Waals surface area contributed by atoms with E-state index in [0.717, 1.165) is 27.6 Å². The largest absolute Gasteiger partial charge is 0.464 e. The molecule has 1 aliphatic heterocycles. The van der Waals surface area contributed by atoms with Crippen LogP contribution in [0, 0.1) is 11.7 Å². The van der Waals surface area contributed by atoms with E-state index >= 15 is 0 Å². The van der Waals surface area contributed by atoms with Crippen molar-refractivity contribution < 1.29 is 23.5 Å². The normalized spacial score (nSPS) is 15.2. The van der Waals surface area contributed by atoms with Crippen molar-refractivity contribution in [2.45, 2.75) is 20.4 Å². The second kappa shape index (κ2) is 10.0. The molecule has 9 heteroatoms. The number of aromatic nitrogens is 1. The maximum absolute atomic E-state index is 14.4. The van der Waals surface area contributed by atoms with Gasteiger partial charge < -0.3 is 9.30 Å². The number of hydrogen-bond donors (Lipinski definition) is 0. The van der Waals surface area contributed by atoms with Crippen molar-refractivity contribution in [3.05, 3.63) is 75.5 Å². The fraction of sp³-hybridized carbons (Fsp3) is 0.240. The number of fused-ring (bicyclic) bond motifs is 1. The van der Waals surface area contributed by atoms with Gasteiger partial charge in [0.25, 0.3) is 11.1 Å². The van der Waals surface area contributed by atoms with Crippen LogP contribution in [0.25, 0.3) is 17.0 Å². The predicted molar refractivity (Wildman–Crippen MR) is 131 cm³/mol. The Morgan fingerprint density at radius 2 is 1.94 bits per heavy atom. The van der Waals surface area contributed by atoms with Gasteiger partial charge in [-0.15, -0.1) is 0 Å². The Labute approximate surface area is 205 Å². The van der Waals surface area contributed by atoms with Gasteiger partial charge >= 0.3 is 5.97 Å². The van der Waals surface area contributed by atoms with Gasteiger partial charge in [-0.3, -0.25) is 19.3 Å². The van der Waals surface area contributed by atoms with Gasteiger partial charge in [0.1, 0.15) is 12.4 Å². The number of rotatable bonds is 7. The molecular weight excluding hydrogens is 479 g/mol. The van der Waals surface area contributed by atoms with Crippen LogP contribution in [-0.2, 0) is 20.9 Å². The molecule has 1 aromatic heterocycles. The number of esters is 1. The average Bonchev–Trinajstić information content (AvgIpc) is 3.27. The number of benzene rings is 2. The zero-order valence-electron chi connectivity index (χ0n) is 18.6. The molecular formula is C25H22ClFN2O4S. The summed E-state index contributed by atoms with van der Waals surface area (Å²) in [5.74, 6) is -1.44. The summed E-state index contributed by atoms with van der Waals surface area (Å²) in [4.78, 5) is 38.4. The molecule has 3 aromatic rings. The summed E-state index contributed by atoms with van der Waals surface area (Å²) >= 11 is 6.98. The van der Waals surface area contributed by atoms with Crippen molar-refractivity contribution in [3.63, 3.8) is 0 Å². The Balaban J connectivity index is 1.62. The SMILES string of the molecule is CC(C)COC(=O)CN1C(=O)S/C(=C/c2cn(Cc3c(F)cccc3Cl)c3ccccc23)C1=O. The number of carbonyl (C=O) groups excluding carboxylic acids is 3. The molecule has 2 aromatic carbocycles. The Kier molecular flexibility index (Phi) is 7.09. The standard InChI is InChI=1S/C25H22ClFN2O4S/c1-15(2)14-33-23(30)13-29-24(31)22(34-25(29)32)10-16-11-28(21-9-4-3-6-17(16)21)12-18-19(26)7-5-8-20(18)27/h3-11,15H,12-14H2,1-2H3/b22-10+. The number of carbonyl (C=O) groups is 3. The van der Waals surface area contributed by atoms with Crippen LogP contribution in [-0.4, -0.2) is 39.7 Å². The van der Waals surface area contributed by atoms with Crippen LogP contribution < -0.4 is 0 Å². The predicted octanol–water partition coefficient (Wildman–Crippen LogP) is 5.72. The van der Waals surface area contributed by atoms with Gasteiger partial charge in [0.2, 0.25) is 0 Å². The first-order valence-corrected chi connectivity index (χ1v) is 11.9. The first kappa shape index (κ1) is 24.0. The summed E-state index contributed by atoms with van der Waals surface area (Å²) in [6.45, 7) is 3.78. The van der Waals surface area contributed by atoms with E-state index in [1.807, 2.05) is 42.7 Å². The van der Waals surface area contributed by atoms with E-state index in [0.29, 0.717) is 16.1 Å². The summed E-state index contributed by atoms with van der Waals surface area (Å²) in [5, 5.41) is 0.627. The minimum absolute atomic E-state index is 0.148. The van der Waals surface area contributed by atoms with E-state index in [4.69, 9.17) is 16.3 Å². The van der Waals surface area contributed by atoms with Crippen molar-refractivity contribution in [1.29, 1.82) is 0 Å². The lowest BCUT2D eigenvalue weighted by atomic mass is 10.1. The summed E-state index contributed by atoms with van der Waals surface area (Å²) < 4.78 is 21.3. The summed E-state index contributed by atoms with van der Waals surface area (Å²) in [6.07, 6.45) is 3.41. The minimum Gasteiger partial charge on any atom is -0.464 e. The second-order valence-corrected chi connectivity index (χ2v) is 9.67. The zero-order chi connectivity index (χ0) is 24.4. The molecule has 2 heterocycles. The number of ether oxygens (including phenoxy) is 1. The van der Waals surface area contributed by atoms with Crippen LogP contribution >= 0.6 is 23.4 Å². The highest BCUT2D eigenvalue weighted by Gasteiger charge is 2.37. The maximum atomic E-state index is 14.4. The van der Waals surface area contributed by atoms with Crippen molar-refractivity contribution in [2.75, 3.05) is 13.2 Å². The molecule has 176 valence electrons. The Bertz CT molecular complexity index is 1300. The van der Waals surface area contributed by atoms with Gasteiger partial charge in [-0.1, -0.05) is 49.7 Å². The first-order valence-electron chi connectivity index (χ1n) is 10.7. The number of halogens is 2. The van der Waals surface area contributed by atoms with E-state index in [1.54, 1.807) is 24.4 Å². The van der Waals surface area contributed by atoms with Crippen molar-refractivity contribution in [1.82, 2.24) is 9.47 Å². The highest BCUT2D eigenvalue weighted by molar-refractivity contribution is 8.18. The average molecular weight is 501 g/mol. The third-order valence-electron chi connectivity index (χ3n) is 5.23. The quantitative estimate of drug-likeness (QED) is 0.306. The molecule has 0 bridgehead atoms. The molecule has 0 spiro atoms. The highest BCUT2D eigenvalue weighted by Crippen LogP contribution is 2.34. The third-order valence-corrected chi connectivity index (χ3v) is 6.50. The molecule has 0 aliphatic carbocycles. The molecule has 4 rings (SSSR count). The second-order valence-electron chi connectivity index (χ2n) is 8.27. The molecule has 0 saturated carbocycles. The van der Waals surface area contributed by atoms with E-state index in [1.165, 1.54) is 6.07 Å². The number of nitrogens with zero attached hydrogens (tertiary/aromatic N) is 2. The van der Waals surface area contributed by atoms with Crippen LogP contribution in [0.5, 0.6) is 0 Å². The number of hydrogen-bond acceptors (Lipinski definition) is 5. The topological polar surface area (TPSA) is 68.6 Å². The van der Waals surface area contributed by atoms with E-state index in [-0.39, 0.29) is 24.0 Å². The lowest BCUT2D eigenvalue weighted by Crippen LogP contribution is -2.34. The number of thioether (sulfide) groups is 1. The minimum atomic E-state index is -0.629. The monoisotopic (exact) mass is 500 g/mol. The molecule has 0 N–H and O–H groups in total. The Hall–Kier alpha value is -3.10. The third kappa shape index (κ3) is 5.03. The molecule has 6 nitrogen and oxygen atoms in total. The summed E-state index contributed by atoms with van der Waals surface area (Å²) in [5.41, 5.74) is 1.87. The van der Waals surface area contributed by atoms with Gasteiger partial charge in [-0.25, -0.2) is 4.39 Å². The lowest BCUT2D eigenvalue weighted by molar-refractivity contribution is -0.147. The Morgan fingerprint density at radius 1 is 1.18 bits per heavy atom. The van der Waals surface area contributed by atoms with Crippen LogP contribution in [0.1, 0.15) is 25.0 Å². The summed E-state index contributed by atoms with van der Waals surface area (Å²) in [7, 11) is 0. The first-order chi connectivity index (χ1) is 16.2. The van der Waals surface area contributed by atoms with Gasteiger partial charge in [-0.05, 0) is 42.0 Å². The van der Waals surface area contributed by atoms with Crippen molar-refractivity contribution in [3.8, 4) is 0 Å². The van der Waals surface area contributed by atoms with Crippen LogP contribution in [0.4, 0.5) is 9.18 Å². The van der Waals surface area contributed by atoms with Crippen molar-refractivity contribution >= 4 is 57.5 Å². The molecule has 34 heavy (non-hydrogen) atoms. The molecule has 0 unspecified atom stereocenters. The molecule has 2 amide bonds. The molecule has 1 aliphatic rings. The van der Waals surface area contributed by atoms with E-state index in [2.05, 4.69) is 0 Å². The fourth-order valence-electron chi connectivity index (χ4n) is 3.59. The highest BCUT2D eigenvalue weighted by atomic mass is 35.5. The molecule has 1 saturated heterocycles. The van der Waals surface area contributed by atoms with Crippen LogP contribution in [0.2, 0.25) is 5.02 Å². The van der Waals surface area contributed by atoms with Gasteiger partial charge in [0.05, 0.1) is 18.1 Å². The lowest BCUT2D eigenvalue weighted by Gasteiger charge is -2.12. The van der Waals surface area contributed by atoms with E-state index in [9.17, 15) is 18.8 Å². The number of amides is 2. The van der Waals surface area contributed by atoms with Gasteiger partial charge in [0, 0.05) is 33.2 Å². The van der Waals surface area contributed by atoms with E-state index < -0.39 is 29.5 Å². The Morgan fingerprint density at radius 3 is 2.68 bits per heavy atom. The summed E-state index contributed by atoms with van der Waals surface area (Å²) in [6, 6.07) is 12.0. The molecule has 0 radical (unpaired) electrons. The van der Waals surface area contributed by atoms with Gasteiger partial charge in [0.15, 0.2) is 0 Å². The maximum Gasteiger partial charge on any atom is 0.326 e. The smallest absolute Gasteiger partial charge is 0.326 e. The fourth-order valence-corrected chi connectivity index (χ4v) is 4.64. The number of imide groups is 1.